The van der Waals surface area contributed by atoms with Crippen molar-refractivity contribution >= 4 is 44.7 Å². The normalized spacial score (nSPS) is 10.9. The fourth-order valence-electron chi connectivity index (χ4n) is 2.07. The Labute approximate surface area is 132 Å². The number of anilines is 2. The zero-order valence-electron chi connectivity index (χ0n) is 11.9. The highest BCUT2D eigenvalue weighted by Gasteiger charge is 2.08. The van der Waals surface area contributed by atoms with Gasteiger partial charge in [0.15, 0.2) is 0 Å². The van der Waals surface area contributed by atoms with Crippen LogP contribution in [0.25, 0.3) is 10.2 Å². The first kappa shape index (κ1) is 14.3. The lowest BCUT2D eigenvalue weighted by Crippen LogP contribution is -2.09. The lowest BCUT2D eigenvalue weighted by molar-refractivity contribution is 0.954. The van der Waals surface area contributed by atoms with Gasteiger partial charge in [0.05, 0.1) is 5.39 Å². The highest BCUT2D eigenvalue weighted by atomic mass is 32.1. The molecule has 110 valence electrons. The van der Waals surface area contributed by atoms with Crippen LogP contribution in [0.3, 0.4) is 0 Å². The molecule has 4 nitrogen and oxygen atoms in total. The van der Waals surface area contributed by atoms with Gasteiger partial charge in [-0.1, -0.05) is 6.92 Å². The summed E-state index contributed by atoms with van der Waals surface area (Å²) in [5.74, 6) is 1.64. The van der Waals surface area contributed by atoms with Crippen LogP contribution in [0.4, 0.5) is 11.8 Å². The van der Waals surface area contributed by atoms with Crippen LogP contribution in [0, 0.1) is 0 Å². The van der Waals surface area contributed by atoms with Gasteiger partial charge in [-0.2, -0.15) is 16.3 Å². The van der Waals surface area contributed by atoms with Crippen LogP contribution in [0.5, 0.6) is 0 Å². The zero-order chi connectivity index (χ0) is 14.5. The van der Waals surface area contributed by atoms with Gasteiger partial charge in [0.25, 0.3) is 0 Å². The molecular formula is C15H18N4S2. The van der Waals surface area contributed by atoms with E-state index in [-0.39, 0.29) is 0 Å². The minimum Gasteiger partial charge on any atom is -0.369 e. The summed E-state index contributed by atoms with van der Waals surface area (Å²) < 4.78 is 0. The van der Waals surface area contributed by atoms with Crippen LogP contribution < -0.4 is 10.6 Å². The molecule has 21 heavy (non-hydrogen) atoms. The molecule has 0 radical (unpaired) electrons. The lowest BCUT2D eigenvalue weighted by Gasteiger charge is -2.09. The number of nitrogens with zero attached hydrogens (tertiary/aromatic N) is 2. The van der Waals surface area contributed by atoms with Crippen molar-refractivity contribution in [3.8, 4) is 0 Å². The average Bonchev–Trinajstić information content (AvgIpc) is 3.15. The molecule has 0 saturated carbocycles. The van der Waals surface area contributed by atoms with Crippen LogP contribution in [-0.4, -0.2) is 23.1 Å². The van der Waals surface area contributed by atoms with Crippen molar-refractivity contribution in [2.45, 2.75) is 19.8 Å². The first-order chi connectivity index (χ1) is 10.4. The third-order valence-electron chi connectivity index (χ3n) is 3.14. The summed E-state index contributed by atoms with van der Waals surface area (Å²) in [6.45, 7) is 3.91. The van der Waals surface area contributed by atoms with Crippen molar-refractivity contribution in [3.63, 3.8) is 0 Å². The van der Waals surface area contributed by atoms with E-state index < -0.39 is 0 Å². The Hall–Kier alpha value is -1.66. The minimum atomic E-state index is 0.713. The van der Waals surface area contributed by atoms with E-state index in [0.717, 1.165) is 42.0 Å². The minimum absolute atomic E-state index is 0.713. The molecule has 0 aromatic carbocycles. The Balaban J connectivity index is 1.74. The zero-order valence-corrected chi connectivity index (χ0v) is 13.6. The smallest absolute Gasteiger partial charge is 0.226 e. The molecular weight excluding hydrogens is 300 g/mol. The topological polar surface area (TPSA) is 49.8 Å². The highest BCUT2D eigenvalue weighted by molar-refractivity contribution is 7.16. The third kappa shape index (κ3) is 3.51. The number of hydrogen-bond acceptors (Lipinski definition) is 6. The Morgan fingerprint density at radius 2 is 2.05 bits per heavy atom. The van der Waals surface area contributed by atoms with Gasteiger partial charge < -0.3 is 10.6 Å². The Bertz CT molecular complexity index is 691. The summed E-state index contributed by atoms with van der Waals surface area (Å²) in [4.78, 5) is 10.2. The van der Waals surface area contributed by atoms with Gasteiger partial charge in [-0.05, 0) is 46.7 Å². The summed E-state index contributed by atoms with van der Waals surface area (Å²) in [6, 6.07) is 4.25. The Morgan fingerprint density at radius 1 is 1.10 bits per heavy atom. The molecule has 0 atom stereocenters. The molecule has 3 heterocycles. The molecule has 0 spiro atoms. The summed E-state index contributed by atoms with van der Waals surface area (Å²) >= 11 is 3.39. The molecule has 0 unspecified atom stereocenters. The van der Waals surface area contributed by atoms with Gasteiger partial charge in [0.1, 0.15) is 10.6 Å². The van der Waals surface area contributed by atoms with E-state index in [1.165, 1.54) is 5.56 Å². The van der Waals surface area contributed by atoms with E-state index in [2.05, 4.69) is 55.8 Å². The maximum atomic E-state index is 4.61. The molecule has 0 bridgehead atoms. The van der Waals surface area contributed by atoms with Gasteiger partial charge >= 0.3 is 0 Å². The van der Waals surface area contributed by atoms with Gasteiger partial charge in [-0.15, -0.1) is 11.3 Å². The second-order valence-electron chi connectivity index (χ2n) is 4.77. The fourth-order valence-corrected chi connectivity index (χ4v) is 3.53. The van der Waals surface area contributed by atoms with Crippen LogP contribution >= 0.6 is 22.7 Å². The molecule has 0 amide bonds. The van der Waals surface area contributed by atoms with Crippen molar-refractivity contribution in [3.05, 3.63) is 33.8 Å². The van der Waals surface area contributed by atoms with Crippen LogP contribution in [0.15, 0.2) is 28.3 Å². The Kier molecular flexibility index (Phi) is 4.67. The maximum absolute atomic E-state index is 4.61. The largest absolute Gasteiger partial charge is 0.369 e. The second-order valence-corrected chi connectivity index (χ2v) is 6.44. The summed E-state index contributed by atoms with van der Waals surface area (Å²) in [5.41, 5.74) is 1.37. The Morgan fingerprint density at radius 3 is 2.86 bits per heavy atom. The highest BCUT2D eigenvalue weighted by Crippen LogP contribution is 2.26. The number of aromatic nitrogens is 2. The number of thiophene rings is 2. The average molecular weight is 318 g/mol. The van der Waals surface area contributed by atoms with E-state index in [9.17, 15) is 0 Å². The van der Waals surface area contributed by atoms with Gasteiger partial charge in [-0.3, -0.25) is 0 Å². The lowest BCUT2D eigenvalue weighted by atomic mass is 10.2. The number of rotatable bonds is 7. The molecule has 0 aliphatic heterocycles. The number of fused-ring (bicyclic) bond motifs is 1. The standard InChI is InChI=1S/C15H18N4S2/c1-2-6-17-15-18-13(12-5-9-21-14(12)19-15)16-7-3-11-4-8-20-10-11/h4-5,8-10H,2-3,6-7H2,1H3,(H2,16,17,18,19). The molecule has 0 saturated heterocycles. The van der Waals surface area contributed by atoms with Crippen molar-refractivity contribution in [1.82, 2.24) is 9.97 Å². The summed E-state index contributed by atoms with van der Waals surface area (Å²) in [5, 5.41) is 14.2. The van der Waals surface area contributed by atoms with E-state index >= 15 is 0 Å². The summed E-state index contributed by atoms with van der Waals surface area (Å²) in [7, 11) is 0. The van der Waals surface area contributed by atoms with E-state index in [1.54, 1.807) is 22.7 Å². The van der Waals surface area contributed by atoms with Crippen LogP contribution in [0.1, 0.15) is 18.9 Å². The van der Waals surface area contributed by atoms with E-state index in [4.69, 9.17) is 0 Å². The number of hydrogen-bond donors (Lipinski definition) is 2. The SMILES string of the molecule is CCCNc1nc(NCCc2ccsc2)c2ccsc2n1. The summed E-state index contributed by atoms with van der Waals surface area (Å²) in [6.07, 6.45) is 2.07. The first-order valence-electron chi connectivity index (χ1n) is 7.11. The van der Waals surface area contributed by atoms with Gasteiger partial charge in [0.2, 0.25) is 5.95 Å². The fraction of sp³-hybridized carbons (Fsp3) is 0.333. The number of nitrogens with one attached hydrogen (secondary N) is 2. The van der Waals surface area contributed by atoms with E-state index in [1.807, 2.05) is 0 Å². The molecule has 0 aliphatic rings. The van der Waals surface area contributed by atoms with Crippen LogP contribution in [0.2, 0.25) is 0 Å². The predicted octanol–water partition coefficient (Wildman–Crippen LogP) is 4.23. The van der Waals surface area contributed by atoms with Crippen molar-refractivity contribution in [1.29, 1.82) is 0 Å². The molecule has 6 heteroatoms. The maximum Gasteiger partial charge on any atom is 0.226 e. The first-order valence-corrected chi connectivity index (χ1v) is 8.93. The van der Waals surface area contributed by atoms with Crippen molar-refractivity contribution < 1.29 is 0 Å². The second kappa shape index (κ2) is 6.87. The van der Waals surface area contributed by atoms with Crippen LogP contribution in [-0.2, 0) is 6.42 Å². The van der Waals surface area contributed by atoms with Gasteiger partial charge in [0, 0.05) is 13.1 Å². The molecule has 2 N–H and O–H groups in total. The third-order valence-corrected chi connectivity index (χ3v) is 4.68. The molecule has 3 rings (SSSR count). The predicted molar refractivity (Wildman–Crippen MR) is 92.7 cm³/mol. The van der Waals surface area contributed by atoms with Crippen molar-refractivity contribution in [2.24, 2.45) is 0 Å². The molecule has 3 aromatic heterocycles. The molecule has 3 aromatic rings. The molecule has 0 aliphatic carbocycles. The quantitative estimate of drug-likeness (QED) is 0.684. The van der Waals surface area contributed by atoms with Gasteiger partial charge in [-0.25, -0.2) is 4.98 Å². The monoisotopic (exact) mass is 318 g/mol. The van der Waals surface area contributed by atoms with E-state index in [0.29, 0.717) is 5.95 Å². The van der Waals surface area contributed by atoms with Crippen molar-refractivity contribution in [2.75, 3.05) is 23.7 Å². The molecule has 0 fully saturated rings.